The maximum absolute atomic E-state index is 5.15. The van der Waals surface area contributed by atoms with Crippen LogP contribution in [0.5, 0.6) is 5.75 Å². The van der Waals surface area contributed by atoms with Crippen LogP contribution in [0.25, 0.3) is 11.3 Å². The zero-order valence-electron chi connectivity index (χ0n) is 12.1. The highest BCUT2D eigenvalue weighted by molar-refractivity contribution is 5.58. The molecule has 1 aromatic carbocycles. The van der Waals surface area contributed by atoms with Crippen molar-refractivity contribution in [1.82, 2.24) is 15.0 Å². The number of aromatic nitrogens is 3. The molecular formula is C15H21N3O. The van der Waals surface area contributed by atoms with Gasteiger partial charge in [0.15, 0.2) is 0 Å². The monoisotopic (exact) mass is 259 g/mol. The number of methoxy groups -OCH3 is 1. The van der Waals surface area contributed by atoms with Gasteiger partial charge in [0.25, 0.3) is 0 Å². The maximum Gasteiger partial charge on any atom is 0.118 e. The minimum Gasteiger partial charge on any atom is -0.497 e. The van der Waals surface area contributed by atoms with Gasteiger partial charge in [-0.2, -0.15) is 0 Å². The average molecular weight is 259 g/mol. The fourth-order valence-electron chi connectivity index (χ4n) is 1.75. The second-order valence-electron chi connectivity index (χ2n) is 5.91. The van der Waals surface area contributed by atoms with E-state index in [1.54, 1.807) is 7.11 Å². The van der Waals surface area contributed by atoms with E-state index in [1.165, 1.54) is 0 Å². The minimum atomic E-state index is 0.312. The molecule has 0 fully saturated rings. The first-order valence-electron chi connectivity index (χ1n) is 6.52. The van der Waals surface area contributed by atoms with Crippen molar-refractivity contribution in [2.75, 3.05) is 7.11 Å². The van der Waals surface area contributed by atoms with E-state index in [-0.39, 0.29) is 0 Å². The van der Waals surface area contributed by atoms with Gasteiger partial charge in [0, 0.05) is 12.1 Å². The molecule has 1 heterocycles. The van der Waals surface area contributed by atoms with Crippen molar-refractivity contribution < 1.29 is 4.74 Å². The van der Waals surface area contributed by atoms with Gasteiger partial charge in [-0.3, -0.25) is 4.68 Å². The summed E-state index contributed by atoms with van der Waals surface area (Å²) in [7, 11) is 1.66. The summed E-state index contributed by atoms with van der Waals surface area (Å²) in [5, 5.41) is 8.39. The summed E-state index contributed by atoms with van der Waals surface area (Å²) in [6.07, 6.45) is 3.08. The molecule has 2 aromatic rings. The first kappa shape index (κ1) is 13.6. The van der Waals surface area contributed by atoms with E-state index < -0.39 is 0 Å². The summed E-state index contributed by atoms with van der Waals surface area (Å²) in [5.74, 6) is 0.851. The van der Waals surface area contributed by atoms with Crippen molar-refractivity contribution >= 4 is 0 Å². The molecule has 0 bridgehead atoms. The number of benzene rings is 1. The third kappa shape index (κ3) is 3.81. The summed E-state index contributed by atoms with van der Waals surface area (Å²) in [4.78, 5) is 0. The quantitative estimate of drug-likeness (QED) is 0.845. The van der Waals surface area contributed by atoms with E-state index in [9.17, 15) is 0 Å². The fourth-order valence-corrected chi connectivity index (χ4v) is 1.75. The van der Waals surface area contributed by atoms with Gasteiger partial charge in [0.05, 0.1) is 13.3 Å². The molecule has 19 heavy (non-hydrogen) atoms. The molecule has 0 unspecified atom stereocenters. The highest BCUT2D eigenvalue weighted by Gasteiger charge is 2.11. The molecule has 0 saturated carbocycles. The molecule has 1 aromatic heterocycles. The summed E-state index contributed by atoms with van der Waals surface area (Å²) >= 11 is 0. The van der Waals surface area contributed by atoms with Gasteiger partial charge >= 0.3 is 0 Å². The summed E-state index contributed by atoms with van der Waals surface area (Å²) in [6, 6.07) is 7.86. The number of hydrogen-bond acceptors (Lipinski definition) is 3. The maximum atomic E-state index is 5.15. The molecule has 0 radical (unpaired) electrons. The van der Waals surface area contributed by atoms with Crippen molar-refractivity contribution in [2.24, 2.45) is 5.41 Å². The van der Waals surface area contributed by atoms with Crippen LogP contribution in [0.2, 0.25) is 0 Å². The van der Waals surface area contributed by atoms with E-state index in [4.69, 9.17) is 4.74 Å². The van der Waals surface area contributed by atoms with E-state index >= 15 is 0 Å². The molecule has 4 nitrogen and oxygen atoms in total. The lowest BCUT2D eigenvalue weighted by Gasteiger charge is -2.17. The summed E-state index contributed by atoms with van der Waals surface area (Å²) < 4.78 is 7.05. The van der Waals surface area contributed by atoms with Crippen molar-refractivity contribution in [3.63, 3.8) is 0 Å². The SMILES string of the molecule is COc1ccc(-c2cn(CCC(C)(C)C)nn2)cc1. The predicted molar refractivity (Wildman–Crippen MR) is 76.1 cm³/mol. The molecule has 2 rings (SSSR count). The van der Waals surface area contributed by atoms with Gasteiger partial charge < -0.3 is 4.74 Å². The van der Waals surface area contributed by atoms with E-state index in [0.29, 0.717) is 5.41 Å². The highest BCUT2D eigenvalue weighted by Crippen LogP contribution is 2.22. The summed E-state index contributed by atoms with van der Waals surface area (Å²) in [6.45, 7) is 7.59. The largest absolute Gasteiger partial charge is 0.497 e. The third-order valence-electron chi connectivity index (χ3n) is 3.02. The Bertz CT molecular complexity index is 523. The smallest absolute Gasteiger partial charge is 0.118 e. The molecule has 0 amide bonds. The van der Waals surface area contributed by atoms with Gasteiger partial charge in [-0.25, -0.2) is 0 Å². The Morgan fingerprint density at radius 2 is 1.84 bits per heavy atom. The number of hydrogen-bond donors (Lipinski definition) is 0. The van der Waals surface area contributed by atoms with Gasteiger partial charge in [-0.1, -0.05) is 26.0 Å². The van der Waals surface area contributed by atoms with Crippen LogP contribution in [-0.4, -0.2) is 22.1 Å². The Morgan fingerprint density at radius 3 is 2.42 bits per heavy atom. The van der Waals surface area contributed by atoms with Crippen LogP contribution in [0.4, 0.5) is 0 Å². The van der Waals surface area contributed by atoms with Gasteiger partial charge in [0.1, 0.15) is 11.4 Å². The minimum absolute atomic E-state index is 0.312. The third-order valence-corrected chi connectivity index (χ3v) is 3.02. The first-order chi connectivity index (χ1) is 8.98. The van der Waals surface area contributed by atoms with Crippen molar-refractivity contribution in [3.05, 3.63) is 30.5 Å². The Kier molecular flexibility index (Phi) is 3.88. The van der Waals surface area contributed by atoms with Crippen LogP contribution in [0.3, 0.4) is 0 Å². The van der Waals surface area contributed by atoms with Crippen LogP contribution >= 0.6 is 0 Å². The Balaban J connectivity index is 2.07. The second kappa shape index (κ2) is 5.43. The molecule has 102 valence electrons. The lowest BCUT2D eigenvalue weighted by Crippen LogP contribution is -2.10. The van der Waals surface area contributed by atoms with E-state index in [1.807, 2.05) is 35.1 Å². The van der Waals surface area contributed by atoms with Crippen molar-refractivity contribution in [1.29, 1.82) is 0 Å². The Morgan fingerprint density at radius 1 is 1.16 bits per heavy atom. The zero-order chi connectivity index (χ0) is 13.9. The van der Waals surface area contributed by atoms with Crippen LogP contribution in [0.15, 0.2) is 30.5 Å². The molecule has 4 heteroatoms. The zero-order valence-corrected chi connectivity index (χ0v) is 12.1. The second-order valence-corrected chi connectivity index (χ2v) is 5.91. The number of nitrogens with zero attached hydrogens (tertiary/aromatic N) is 3. The van der Waals surface area contributed by atoms with Crippen molar-refractivity contribution in [2.45, 2.75) is 33.7 Å². The number of ether oxygens (including phenoxy) is 1. The normalized spacial score (nSPS) is 11.6. The number of aryl methyl sites for hydroxylation is 1. The van der Waals surface area contributed by atoms with Crippen LogP contribution in [0, 0.1) is 5.41 Å². The van der Waals surface area contributed by atoms with Crippen molar-refractivity contribution in [3.8, 4) is 17.0 Å². The number of rotatable bonds is 4. The first-order valence-corrected chi connectivity index (χ1v) is 6.52. The van der Waals surface area contributed by atoms with Gasteiger partial charge in [-0.15, -0.1) is 5.10 Å². The Hall–Kier alpha value is -1.84. The molecule has 0 saturated heterocycles. The molecule has 0 atom stereocenters. The summed E-state index contributed by atoms with van der Waals surface area (Å²) in [5.41, 5.74) is 2.27. The van der Waals surface area contributed by atoms with Gasteiger partial charge in [-0.05, 0) is 36.1 Å². The molecule has 0 N–H and O–H groups in total. The standard InChI is InChI=1S/C15H21N3O/c1-15(2,3)9-10-18-11-14(16-17-18)12-5-7-13(19-4)8-6-12/h5-8,11H,9-10H2,1-4H3. The molecule has 0 aliphatic heterocycles. The van der Waals surface area contributed by atoms with E-state index in [0.717, 1.165) is 30.0 Å². The predicted octanol–water partition coefficient (Wildman–Crippen LogP) is 3.39. The average Bonchev–Trinajstić information content (AvgIpc) is 2.84. The molecular weight excluding hydrogens is 238 g/mol. The highest BCUT2D eigenvalue weighted by atomic mass is 16.5. The van der Waals surface area contributed by atoms with E-state index in [2.05, 4.69) is 31.1 Å². The van der Waals surface area contributed by atoms with Gasteiger partial charge in [0.2, 0.25) is 0 Å². The molecule has 0 aliphatic carbocycles. The van der Waals surface area contributed by atoms with Crippen LogP contribution in [-0.2, 0) is 6.54 Å². The fraction of sp³-hybridized carbons (Fsp3) is 0.467. The van der Waals surface area contributed by atoms with Crippen LogP contribution < -0.4 is 4.74 Å². The molecule has 0 spiro atoms. The lowest BCUT2D eigenvalue weighted by atomic mass is 9.92. The molecule has 0 aliphatic rings. The Labute approximate surface area is 114 Å². The van der Waals surface area contributed by atoms with Crippen LogP contribution in [0.1, 0.15) is 27.2 Å². The topological polar surface area (TPSA) is 39.9 Å². The lowest BCUT2D eigenvalue weighted by molar-refractivity contribution is 0.339.